The van der Waals surface area contributed by atoms with Crippen molar-refractivity contribution >= 4 is 0 Å². The molecule has 2 aromatic heterocycles. The Hall–Kier alpha value is -1.84. The van der Waals surface area contributed by atoms with Gasteiger partial charge in [-0.15, -0.1) is 0 Å². The van der Waals surface area contributed by atoms with E-state index in [1.807, 2.05) is 31.7 Å². The van der Waals surface area contributed by atoms with Crippen molar-refractivity contribution in [2.24, 2.45) is 0 Å². The van der Waals surface area contributed by atoms with Gasteiger partial charge in [-0.25, -0.2) is 4.98 Å². The Morgan fingerprint density at radius 1 is 1.47 bits per heavy atom. The normalized spacial score (nSPS) is 15.1. The molecule has 1 aliphatic carbocycles. The van der Waals surface area contributed by atoms with Crippen LogP contribution >= 0.6 is 0 Å². The van der Waals surface area contributed by atoms with Crippen LogP contribution < -0.4 is 5.56 Å². The van der Waals surface area contributed by atoms with Gasteiger partial charge in [0.05, 0.1) is 18.6 Å². The number of rotatable bonds is 3. The number of imidazole rings is 1. The molecule has 0 saturated heterocycles. The third kappa shape index (κ3) is 2.02. The molecule has 1 aliphatic rings. The maximum absolute atomic E-state index is 11.8. The summed E-state index contributed by atoms with van der Waals surface area (Å²) in [5.41, 5.74) is 2.16. The second-order valence-corrected chi connectivity index (χ2v) is 4.69. The molecule has 0 atom stereocenters. The first-order valence-electron chi connectivity index (χ1n) is 5.92. The molecule has 0 N–H and O–H groups in total. The van der Waals surface area contributed by atoms with Gasteiger partial charge in [-0.05, 0) is 31.4 Å². The summed E-state index contributed by atoms with van der Waals surface area (Å²) in [6.07, 6.45) is 8.02. The topological polar surface area (TPSA) is 39.8 Å². The highest BCUT2D eigenvalue weighted by molar-refractivity contribution is 5.10. The number of aromatic nitrogens is 3. The molecule has 1 fully saturated rings. The van der Waals surface area contributed by atoms with Crippen molar-refractivity contribution in [1.29, 1.82) is 0 Å². The van der Waals surface area contributed by atoms with E-state index in [1.165, 1.54) is 12.8 Å². The summed E-state index contributed by atoms with van der Waals surface area (Å²) in [5, 5.41) is 0. The number of nitrogens with zero attached hydrogens (tertiary/aromatic N) is 3. The number of hydrogen-bond acceptors (Lipinski definition) is 2. The average molecular weight is 229 g/mol. The van der Waals surface area contributed by atoms with E-state index < -0.39 is 0 Å². The largest absolute Gasteiger partial charge is 0.330 e. The first-order valence-corrected chi connectivity index (χ1v) is 5.92. The standard InChI is InChI=1S/C13H15N3O/c1-10-4-5-15(13(17)6-10)8-12-7-14-9-16(12)11-2-3-11/h4-7,9,11H,2-3,8H2,1H3. The summed E-state index contributed by atoms with van der Waals surface area (Å²) in [4.78, 5) is 16.0. The first kappa shape index (κ1) is 10.3. The highest BCUT2D eigenvalue weighted by Crippen LogP contribution is 2.35. The fraction of sp³-hybridized carbons (Fsp3) is 0.385. The molecule has 0 bridgehead atoms. The Labute approximate surface area is 99.5 Å². The summed E-state index contributed by atoms with van der Waals surface area (Å²) < 4.78 is 3.91. The lowest BCUT2D eigenvalue weighted by Gasteiger charge is -2.08. The summed E-state index contributed by atoms with van der Waals surface area (Å²) in [7, 11) is 0. The van der Waals surface area contributed by atoms with E-state index in [0.717, 1.165) is 11.3 Å². The van der Waals surface area contributed by atoms with Gasteiger partial charge in [0.2, 0.25) is 0 Å². The monoisotopic (exact) mass is 229 g/mol. The van der Waals surface area contributed by atoms with Gasteiger partial charge in [0.15, 0.2) is 0 Å². The van der Waals surface area contributed by atoms with Gasteiger partial charge in [0.25, 0.3) is 5.56 Å². The van der Waals surface area contributed by atoms with Crippen molar-refractivity contribution in [1.82, 2.24) is 14.1 Å². The Kier molecular flexibility index (Phi) is 2.35. The zero-order valence-electron chi connectivity index (χ0n) is 9.84. The van der Waals surface area contributed by atoms with Crippen LogP contribution in [0.2, 0.25) is 0 Å². The third-order valence-corrected chi connectivity index (χ3v) is 3.17. The summed E-state index contributed by atoms with van der Waals surface area (Å²) in [6.45, 7) is 2.54. The summed E-state index contributed by atoms with van der Waals surface area (Å²) >= 11 is 0. The van der Waals surface area contributed by atoms with Crippen LogP contribution in [0.3, 0.4) is 0 Å². The minimum absolute atomic E-state index is 0.0496. The molecule has 4 heteroatoms. The molecule has 0 radical (unpaired) electrons. The Bertz CT molecular complexity index is 593. The van der Waals surface area contributed by atoms with Crippen LogP contribution in [0.1, 0.15) is 30.1 Å². The predicted molar refractivity (Wildman–Crippen MR) is 65.0 cm³/mol. The van der Waals surface area contributed by atoms with Crippen molar-refractivity contribution in [3.05, 3.63) is 52.5 Å². The molecular weight excluding hydrogens is 214 g/mol. The van der Waals surface area contributed by atoms with Crippen LogP contribution in [0.15, 0.2) is 35.6 Å². The molecule has 2 aromatic rings. The van der Waals surface area contributed by atoms with E-state index in [0.29, 0.717) is 12.6 Å². The van der Waals surface area contributed by atoms with Crippen LogP contribution in [-0.2, 0) is 6.54 Å². The minimum Gasteiger partial charge on any atom is -0.330 e. The highest BCUT2D eigenvalue weighted by Gasteiger charge is 2.25. The third-order valence-electron chi connectivity index (χ3n) is 3.17. The van der Waals surface area contributed by atoms with E-state index in [4.69, 9.17) is 0 Å². The van der Waals surface area contributed by atoms with Crippen molar-refractivity contribution < 1.29 is 0 Å². The molecule has 17 heavy (non-hydrogen) atoms. The summed E-state index contributed by atoms with van der Waals surface area (Å²) in [5.74, 6) is 0. The minimum atomic E-state index is 0.0496. The van der Waals surface area contributed by atoms with Gasteiger partial charge in [-0.2, -0.15) is 0 Å². The van der Waals surface area contributed by atoms with Gasteiger partial charge in [0, 0.05) is 24.5 Å². The molecule has 0 unspecified atom stereocenters. The number of hydrogen-bond donors (Lipinski definition) is 0. The lowest BCUT2D eigenvalue weighted by Crippen LogP contribution is -2.20. The van der Waals surface area contributed by atoms with Gasteiger partial charge >= 0.3 is 0 Å². The van der Waals surface area contributed by atoms with Crippen LogP contribution in [0, 0.1) is 6.92 Å². The molecule has 0 aliphatic heterocycles. The maximum atomic E-state index is 11.8. The number of pyridine rings is 1. The first-order chi connectivity index (χ1) is 8.24. The van der Waals surface area contributed by atoms with Crippen LogP contribution in [0.5, 0.6) is 0 Å². The molecule has 4 nitrogen and oxygen atoms in total. The van der Waals surface area contributed by atoms with Crippen molar-refractivity contribution in [3.8, 4) is 0 Å². The lowest BCUT2D eigenvalue weighted by molar-refractivity contribution is 0.645. The smallest absolute Gasteiger partial charge is 0.251 e. The molecule has 0 amide bonds. The quantitative estimate of drug-likeness (QED) is 0.804. The fourth-order valence-electron chi connectivity index (χ4n) is 2.05. The van der Waals surface area contributed by atoms with Crippen LogP contribution in [0.25, 0.3) is 0 Å². The van der Waals surface area contributed by atoms with Crippen LogP contribution in [-0.4, -0.2) is 14.1 Å². The zero-order chi connectivity index (χ0) is 11.8. The molecule has 1 saturated carbocycles. The van der Waals surface area contributed by atoms with Crippen LogP contribution in [0.4, 0.5) is 0 Å². The Morgan fingerprint density at radius 3 is 3.00 bits per heavy atom. The van der Waals surface area contributed by atoms with Crippen molar-refractivity contribution in [2.45, 2.75) is 32.4 Å². The molecule has 88 valence electrons. The summed E-state index contributed by atoms with van der Waals surface area (Å²) in [6, 6.07) is 4.23. The second-order valence-electron chi connectivity index (χ2n) is 4.69. The number of aryl methyl sites for hydroxylation is 1. The molecule has 0 aromatic carbocycles. The van der Waals surface area contributed by atoms with Gasteiger partial charge < -0.3 is 9.13 Å². The Balaban J connectivity index is 1.91. The van der Waals surface area contributed by atoms with Crippen molar-refractivity contribution in [2.75, 3.05) is 0 Å². The molecule has 3 rings (SSSR count). The fourth-order valence-corrected chi connectivity index (χ4v) is 2.05. The Morgan fingerprint density at radius 2 is 2.29 bits per heavy atom. The van der Waals surface area contributed by atoms with E-state index in [2.05, 4.69) is 9.55 Å². The van der Waals surface area contributed by atoms with Gasteiger partial charge in [-0.1, -0.05) is 0 Å². The second kappa shape index (κ2) is 3.87. The SMILES string of the molecule is Cc1ccn(Cc2cncn2C2CC2)c(=O)c1. The maximum Gasteiger partial charge on any atom is 0.251 e. The lowest BCUT2D eigenvalue weighted by atomic mass is 10.3. The predicted octanol–water partition coefficient (Wildman–Crippen LogP) is 1.74. The molecule has 0 spiro atoms. The average Bonchev–Trinajstić information content (AvgIpc) is 3.03. The molecule has 2 heterocycles. The van der Waals surface area contributed by atoms with E-state index in [1.54, 1.807) is 10.6 Å². The van der Waals surface area contributed by atoms with E-state index in [9.17, 15) is 4.79 Å². The van der Waals surface area contributed by atoms with Crippen molar-refractivity contribution in [3.63, 3.8) is 0 Å². The molecular formula is C13H15N3O. The van der Waals surface area contributed by atoms with E-state index in [-0.39, 0.29) is 5.56 Å². The van der Waals surface area contributed by atoms with E-state index >= 15 is 0 Å². The highest BCUT2D eigenvalue weighted by atomic mass is 16.1. The zero-order valence-corrected chi connectivity index (χ0v) is 9.84. The van der Waals surface area contributed by atoms with Gasteiger partial charge in [0.1, 0.15) is 0 Å². The van der Waals surface area contributed by atoms with Gasteiger partial charge in [-0.3, -0.25) is 4.79 Å².